The Kier molecular flexibility index (Phi) is 4.03. The summed E-state index contributed by atoms with van der Waals surface area (Å²) in [5.74, 6) is 0.0327. The maximum absolute atomic E-state index is 12.4. The summed E-state index contributed by atoms with van der Waals surface area (Å²) in [5.41, 5.74) is 0.470. The standard InChI is InChI=1S/C14H14BrN3O2S/c1-8(12(19)9-2-4-10(15)5-3-9)21-14-17-16-13(20)18(14)11-6-7-11/h2-5,8,11H,6-7H2,1H3,(H,16,20)/t8-/m1/s1. The molecule has 1 aliphatic rings. The van der Waals surface area contributed by atoms with Gasteiger partial charge in [-0.3, -0.25) is 9.36 Å². The first kappa shape index (κ1) is 14.6. The van der Waals surface area contributed by atoms with Gasteiger partial charge in [-0.1, -0.05) is 39.8 Å². The minimum Gasteiger partial charge on any atom is -0.293 e. The fraction of sp³-hybridized carbons (Fsp3) is 0.357. The van der Waals surface area contributed by atoms with E-state index in [1.54, 1.807) is 16.7 Å². The number of thioether (sulfide) groups is 1. The Bertz CT molecular complexity index is 719. The number of halogens is 1. The van der Waals surface area contributed by atoms with Gasteiger partial charge >= 0.3 is 5.69 Å². The van der Waals surface area contributed by atoms with Crippen LogP contribution in [0.1, 0.15) is 36.2 Å². The third-order valence-electron chi connectivity index (χ3n) is 3.36. The van der Waals surface area contributed by atoms with Crippen LogP contribution in [0, 0.1) is 0 Å². The lowest BCUT2D eigenvalue weighted by Crippen LogP contribution is -2.18. The van der Waals surface area contributed by atoms with Gasteiger partial charge in [0.25, 0.3) is 0 Å². The number of hydrogen-bond donors (Lipinski definition) is 1. The molecule has 0 spiro atoms. The molecule has 1 aliphatic carbocycles. The lowest BCUT2D eigenvalue weighted by molar-refractivity contribution is 0.0994. The summed E-state index contributed by atoms with van der Waals surface area (Å²) in [5, 5.41) is 6.81. The van der Waals surface area contributed by atoms with Crippen molar-refractivity contribution < 1.29 is 4.79 Å². The van der Waals surface area contributed by atoms with Crippen molar-refractivity contribution in [3.8, 4) is 0 Å². The zero-order chi connectivity index (χ0) is 15.0. The fourth-order valence-electron chi connectivity index (χ4n) is 2.09. The Morgan fingerprint density at radius 2 is 2.10 bits per heavy atom. The SMILES string of the molecule is C[C@@H](Sc1n[nH]c(=O)n1C1CC1)C(=O)c1ccc(Br)cc1. The number of ketones is 1. The number of nitrogens with zero attached hydrogens (tertiary/aromatic N) is 2. The third-order valence-corrected chi connectivity index (χ3v) is 4.96. The molecule has 110 valence electrons. The van der Waals surface area contributed by atoms with Crippen LogP contribution in [0.5, 0.6) is 0 Å². The second-order valence-electron chi connectivity index (χ2n) is 5.04. The van der Waals surface area contributed by atoms with E-state index >= 15 is 0 Å². The Hall–Kier alpha value is -1.34. The summed E-state index contributed by atoms with van der Waals surface area (Å²) >= 11 is 4.68. The highest BCUT2D eigenvalue weighted by Crippen LogP contribution is 2.37. The van der Waals surface area contributed by atoms with Gasteiger partial charge in [0, 0.05) is 16.1 Å². The maximum Gasteiger partial charge on any atom is 0.344 e. The van der Waals surface area contributed by atoms with Gasteiger partial charge in [0.05, 0.1) is 5.25 Å². The molecular formula is C14H14BrN3O2S. The Balaban J connectivity index is 1.77. The number of Topliss-reactive ketones (excluding diaryl/α,β-unsaturated/α-hetero) is 1. The van der Waals surface area contributed by atoms with E-state index in [0.717, 1.165) is 17.3 Å². The Labute approximate surface area is 134 Å². The third kappa shape index (κ3) is 3.13. The molecule has 1 N–H and O–H groups in total. The predicted molar refractivity (Wildman–Crippen MR) is 84.9 cm³/mol. The van der Waals surface area contributed by atoms with E-state index in [-0.39, 0.29) is 22.8 Å². The van der Waals surface area contributed by atoms with Crippen LogP contribution in [0.15, 0.2) is 38.7 Å². The van der Waals surface area contributed by atoms with Crippen LogP contribution in [0.25, 0.3) is 0 Å². The summed E-state index contributed by atoms with van der Waals surface area (Å²) in [6, 6.07) is 7.52. The van der Waals surface area contributed by atoms with E-state index in [1.807, 2.05) is 19.1 Å². The zero-order valence-corrected chi connectivity index (χ0v) is 13.8. The van der Waals surface area contributed by atoms with Crippen molar-refractivity contribution in [2.75, 3.05) is 0 Å². The van der Waals surface area contributed by atoms with E-state index in [4.69, 9.17) is 0 Å². The smallest absolute Gasteiger partial charge is 0.293 e. The molecule has 0 bridgehead atoms. The minimum absolute atomic E-state index is 0.0327. The van der Waals surface area contributed by atoms with Crippen LogP contribution in [-0.4, -0.2) is 25.8 Å². The summed E-state index contributed by atoms with van der Waals surface area (Å²) in [4.78, 5) is 24.1. The first-order valence-corrected chi connectivity index (χ1v) is 8.37. The molecule has 1 saturated carbocycles. The molecule has 0 saturated heterocycles. The molecule has 1 aromatic heterocycles. The molecule has 1 heterocycles. The number of benzene rings is 1. The van der Waals surface area contributed by atoms with E-state index < -0.39 is 0 Å². The summed E-state index contributed by atoms with van der Waals surface area (Å²) in [6.07, 6.45) is 2.00. The number of rotatable bonds is 5. The van der Waals surface area contributed by atoms with Gasteiger partial charge in [-0.05, 0) is 31.9 Å². The van der Waals surface area contributed by atoms with E-state index in [2.05, 4.69) is 26.1 Å². The van der Waals surface area contributed by atoms with E-state index in [0.29, 0.717) is 10.7 Å². The number of nitrogens with one attached hydrogen (secondary N) is 1. The molecule has 21 heavy (non-hydrogen) atoms. The number of carbonyl (C=O) groups is 1. The number of aromatic amines is 1. The second kappa shape index (κ2) is 5.81. The Morgan fingerprint density at radius 1 is 1.43 bits per heavy atom. The van der Waals surface area contributed by atoms with Crippen molar-refractivity contribution in [3.05, 3.63) is 44.8 Å². The average molecular weight is 368 g/mol. The maximum atomic E-state index is 12.4. The van der Waals surface area contributed by atoms with Crippen LogP contribution < -0.4 is 5.69 Å². The quantitative estimate of drug-likeness (QED) is 0.651. The van der Waals surface area contributed by atoms with E-state index in [1.165, 1.54) is 11.8 Å². The number of carbonyl (C=O) groups excluding carboxylic acids is 1. The highest BCUT2D eigenvalue weighted by atomic mass is 79.9. The van der Waals surface area contributed by atoms with Gasteiger partial charge in [-0.25, -0.2) is 9.89 Å². The topological polar surface area (TPSA) is 67.8 Å². The number of hydrogen-bond acceptors (Lipinski definition) is 4. The second-order valence-corrected chi connectivity index (χ2v) is 7.27. The molecule has 3 rings (SSSR count). The highest BCUT2D eigenvalue weighted by Gasteiger charge is 2.30. The largest absolute Gasteiger partial charge is 0.344 e. The normalized spacial score (nSPS) is 15.9. The van der Waals surface area contributed by atoms with Crippen LogP contribution in [0.3, 0.4) is 0 Å². The van der Waals surface area contributed by atoms with Crippen LogP contribution in [0.2, 0.25) is 0 Å². The lowest BCUT2D eigenvalue weighted by Gasteiger charge is -2.10. The van der Waals surface area contributed by atoms with Gasteiger partial charge in [-0.2, -0.15) is 0 Å². The number of aromatic nitrogens is 3. The van der Waals surface area contributed by atoms with Crippen molar-refractivity contribution in [3.63, 3.8) is 0 Å². The van der Waals surface area contributed by atoms with Crippen LogP contribution in [-0.2, 0) is 0 Å². The molecule has 1 atom stereocenters. The average Bonchev–Trinajstić information content (AvgIpc) is 3.24. The highest BCUT2D eigenvalue weighted by molar-refractivity contribution is 9.10. The van der Waals surface area contributed by atoms with E-state index in [9.17, 15) is 9.59 Å². The van der Waals surface area contributed by atoms with Crippen molar-refractivity contribution >= 4 is 33.5 Å². The van der Waals surface area contributed by atoms with Crippen LogP contribution >= 0.6 is 27.7 Å². The fourth-order valence-corrected chi connectivity index (χ4v) is 3.36. The first-order chi connectivity index (χ1) is 10.1. The molecular weight excluding hydrogens is 354 g/mol. The van der Waals surface area contributed by atoms with Crippen molar-refractivity contribution in [2.45, 2.75) is 36.2 Å². The summed E-state index contributed by atoms with van der Waals surface area (Å²) < 4.78 is 2.60. The van der Waals surface area contributed by atoms with Crippen molar-refractivity contribution in [2.24, 2.45) is 0 Å². The van der Waals surface area contributed by atoms with Gasteiger partial charge < -0.3 is 0 Å². The predicted octanol–water partition coefficient (Wildman–Crippen LogP) is 3.03. The summed E-state index contributed by atoms with van der Waals surface area (Å²) in [6.45, 7) is 1.84. The van der Waals surface area contributed by atoms with Gasteiger partial charge in [0.1, 0.15) is 0 Å². The molecule has 1 fully saturated rings. The molecule has 0 amide bonds. The van der Waals surface area contributed by atoms with Gasteiger partial charge in [0.2, 0.25) is 0 Å². The molecule has 1 aromatic carbocycles. The van der Waals surface area contributed by atoms with Gasteiger partial charge in [-0.15, -0.1) is 5.10 Å². The monoisotopic (exact) mass is 367 g/mol. The van der Waals surface area contributed by atoms with Crippen molar-refractivity contribution in [1.82, 2.24) is 14.8 Å². The zero-order valence-electron chi connectivity index (χ0n) is 11.4. The van der Waals surface area contributed by atoms with Crippen molar-refractivity contribution in [1.29, 1.82) is 0 Å². The molecule has 5 nitrogen and oxygen atoms in total. The van der Waals surface area contributed by atoms with Gasteiger partial charge in [0.15, 0.2) is 10.9 Å². The van der Waals surface area contributed by atoms with Crippen LogP contribution in [0.4, 0.5) is 0 Å². The molecule has 0 aliphatic heterocycles. The summed E-state index contributed by atoms with van der Waals surface area (Å²) in [7, 11) is 0. The first-order valence-electron chi connectivity index (χ1n) is 6.69. The molecule has 0 unspecified atom stereocenters. The molecule has 7 heteroatoms. The minimum atomic E-state index is -0.293. The number of H-pyrrole nitrogens is 1. The lowest BCUT2D eigenvalue weighted by atomic mass is 10.1. The Morgan fingerprint density at radius 3 is 2.71 bits per heavy atom. The molecule has 0 radical (unpaired) electrons. The molecule has 2 aromatic rings.